The van der Waals surface area contributed by atoms with E-state index in [2.05, 4.69) is 11.9 Å². The number of hydrogen-bond donors (Lipinski definition) is 1. The number of carbonyl (C=O) groups is 1. The summed E-state index contributed by atoms with van der Waals surface area (Å²) >= 11 is 0. The molecule has 4 nitrogen and oxygen atoms in total. The van der Waals surface area contributed by atoms with Crippen LogP contribution < -0.4 is 5.56 Å². The van der Waals surface area contributed by atoms with Crippen molar-refractivity contribution in [1.82, 2.24) is 4.98 Å². The molecule has 1 heterocycles. The molecule has 2 rings (SSSR count). The first-order chi connectivity index (χ1) is 8.11. The van der Waals surface area contributed by atoms with Gasteiger partial charge in [0.1, 0.15) is 5.56 Å². The Morgan fingerprint density at radius 1 is 1.59 bits per heavy atom. The van der Waals surface area contributed by atoms with Crippen molar-refractivity contribution in [2.75, 3.05) is 6.61 Å². The second-order valence-electron chi connectivity index (χ2n) is 4.58. The molecule has 0 saturated carbocycles. The van der Waals surface area contributed by atoms with Gasteiger partial charge in [-0.15, -0.1) is 0 Å². The van der Waals surface area contributed by atoms with E-state index >= 15 is 0 Å². The third kappa shape index (κ3) is 2.40. The summed E-state index contributed by atoms with van der Waals surface area (Å²) in [5, 5.41) is 0. The Morgan fingerprint density at radius 3 is 3.06 bits per heavy atom. The molecule has 0 amide bonds. The first-order valence-corrected chi connectivity index (χ1v) is 6.04. The van der Waals surface area contributed by atoms with Crippen LogP contribution in [0.5, 0.6) is 0 Å². The number of H-pyrrole nitrogens is 1. The molecule has 92 valence electrons. The number of hydrogen-bond acceptors (Lipinski definition) is 3. The van der Waals surface area contributed by atoms with Crippen molar-refractivity contribution in [3.05, 3.63) is 33.2 Å². The lowest BCUT2D eigenvalue weighted by Gasteiger charge is -2.21. The Bertz CT molecular complexity index is 490. The number of aryl methyl sites for hydroxylation is 1. The first-order valence-electron chi connectivity index (χ1n) is 6.04. The zero-order chi connectivity index (χ0) is 12.4. The number of fused-ring (bicyclic) bond motifs is 1. The molecule has 17 heavy (non-hydrogen) atoms. The zero-order valence-electron chi connectivity index (χ0n) is 10.2. The Hall–Kier alpha value is -1.58. The van der Waals surface area contributed by atoms with Crippen molar-refractivity contribution in [3.8, 4) is 0 Å². The van der Waals surface area contributed by atoms with Crippen LogP contribution in [0.15, 0.2) is 10.9 Å². The molecule has 1 atom stereocenters. The van der Waals surface area contributed by atoms with Gasteiger partial charge in [-0.1, -0.05) is 6.92 Å². The van der Waals surface area contributed by atoms with Crippen molar-refractivity contribution in [3.63, 3.8) is 0 Å². The summed E-state index contributed by atoms with van der Waals surface area (Å²) in [6, 6.07) is 1.70. The van der Waals surface area contributed by atoms with Gasteiger partial charge in [0.2, 0.25) is 0 Å². The van der Waals surface area contributed by atoms with Crippen LogP contribution in [0.1, 0.15) is 41.9 Å². The summed E-state index contributed by atoms with van der Waals surface area (Å²) in [6.07, 6.45) is 2.88. The smallest absolute Gasteiger partial charge is 0.343 e. The van der Waals surface area contributed by atoms with Crippen LogP contribution in [0.25, 0.3) is 0 Å². The minimum Gasteiger partial charge on any atom is -0.462 e. The minimum atomic E-state index is -0.533. The van der Waals surface area contributed by atoms with Gasteiger partial charge in [0, 0.05) is 5.69 Å². The van der Waals surface area contributed by atoms with Crippen molar-refractivity contribution < 1.29 is 9.53 Å². The van der Waals surface area contributed by atoms with Gasteiger partial charge in [0.25, 0.3) is 5.56 Å². The lowest BCUT2D eigenvalue weighted by molar-refractivity contribution is 0.0524. The molecule has 0 aromatic carbocycles. The molecule has 1 aromatic rings. The lowest BCUT2D eigenvalue weighted by Crippen LogP contribution is -2.25. The summed E-state index contributed by atoms with van der Waals surface area (Å²) in [5.41, 5.74) is 1.84. The van der Waals surface area contributed by atoms with Crippen LogP contribution in [0.4, 0.5) is 0 Å². The van der Waals surface area contributed by atoms with Gasteiger partial charge in [-0.25, -0.2) is 4.79 Å². The monoisotopic (exact) mass is 235 g/mol. The summed E-state index contributed by atoms with van der Waals surface area (Å²) in [6.45, 7) is 4.19. The van der Waals surface area contributed by atoms with Gasteiger partial charge in [-0.3, -0.25) is 4.79 Å². The lowest BCUT2D eigenvalue weighted by atomic mass is 9.87. The summed E-state index contributed by atoms with van der Waals surface area (Å²) in [7, 11) is 0. The van der Waals surface area contributed by atoms with Gasteiger partial charge in [-0.2, -0.15) is 0 Å². The second kappa shape index (κ2) is 4.73. The average Bonchev–Trinajstić information content (AvgIpc) is 2.29. The molecule has 1 N–H and O–H groups in total. The van der Waals surface area contributed by atoms with E-state index in [1.165, 1.54) is 0 Å². The standard InChI is InChI=1S/C13H17NO3/c1-3-17-13(16)10-7-9-6-8(2)4-5-11(9)14-12(10)15/h7-8H,3-6H2,1-2H3,(H,14,15)/t8-/m0/s1. The molecule has 0 bridgehead atoms. The normalized spacial score (nSPS) is 18.6. The van der Waals surface area contributed by atoms with E-state index in [0.29, 0.717) is 5.92 Å². The molecule has 0 saturated heterocycles. The molecule has 0 unspecified atom stereocenters. The minimum absolute atomic E-state index is 0.125. The Balaban J connectivity index is 2.39. The highest BCUT2D eigenvalue weighted by atomic mass is 16.5. The van der Waals surface area contributed by atoms with E-state index in [-0.39, 0.29) is 17.7 Å². The van der Waals surface area contributed by atoms with Crippen molar-refractivity contribution >= 4 is 5.97 Å². The van der Waals surface area contributed by atoms with Crippen LogP contribution in [0.3, 0.4) is 0 Å². The highest BCUT2D eigenvalue weighted by Gasteiger charge is 2.20. The number of aromatic amines is 1. The van der Waals surface area contributed by atoms with Crippen molar-refractivity contribution in [2.45, 2.75) is 33.1 Å². The van der Waals surface area contributed by atoms with E-state index in [4.69, 9.17) is 4.74 Å². The quantitative estimate of drug-likeness (QED) is 0.793. The number of pyridine rings is 1. The Labute approximate surface area is 100 Å². The highest BCUT2D eigenvalue weighted by Crippen LogP contribution is 2.23. The molecular formula is C13H17NO3. The zero-order valence-corrected chi connectivity index (χ0v) is 10.2. The molecule has 4 heteroatoms. The van der Waals surface area contributed by atoms with Gasteiger partial charge in [0.15, 0.2) is 0 Å². The maximum Gasteiger partial charge on any atom is 0.343 e. The van der Waals surface area contributed by atoms with E-state index < -0.39 is 5.97 Å². The summed E-state index contributed by atoms with van der Waals surface area (Å²) in [5.74, 6) is 0.0678. The van der Waals surface area contributed by atoms with E-state index in [0.717, 1.165) is 30.5 Å². The molecule has 0 fully saturated rings. The Morgan fingerprint density at radius 2 is 2.35 bits per heavy atom. The fourth-order valence-electron chi connectivity index (χ4n) is 2.25. The summed E-state index contributed by atoms with van der Waals surface area (Å²) < 4.78 is 4.87. The Kier molecular flexibility index (Phi) is 3.31. The van der Waals surface area contributed by atoms with Gasteiger partial charge >= 0.3 is 5.97 Å². The van der Waals surface area contributed by atoms with Crippen molar-refractivity contribution in [1.29, 1.82) is 0 Å². The second-order valence-corrected chi connectivity index (χ2v) is 4.58. The van der Waals surface area contributed by atoms with Crippen molar-refractivity contribution in [2.24, 2.45) is 5.92 Å². The molecule has 1 aromatic heterocycles. The third-order valence-electron chi connectivity index (χ3n) is 3.17. The number of aromatic nitrogens is 1. The van der Waals surface area contributed by atoms with Gasteiger partial charge in [-0.05, 0) is 43.7 Å². The fourth-order valence-corrected chi connectivity index (χ4v) is 2.25. The maximum atomic E-state index is 11.7. The van der Waals surface area contributed by atoms with E-state index in [9.17, 15) is 9.59 Å². The third-order valence-corrected chi connectivity index (χ3v) is 3.17. The predicted molar refractivity (Wildman–Crippen MR) is 64.2 cm³/mol. The van der Waals surface area contributed by atoms with Crippen LogP contribution in [-0.2, 0) is 17.6 Å². The van der Waals surface area contributed by atoms with Gasteiger partial charge < -0.3 is 9.72 Å². The van der Waals surface area contributed by atoms with Crippen LogP contribution >= 0.6 is 0 Å². The van der Waals surface area contributed by atoms with Crippen LogP contribution in [0.2, 0.25) is 0 Å². The molecule has 1 aliphatic carbocycles. The first kappa shape index (κ1) is 11.9. The number of rotatable bonds is 2. The maximum absolute atomic E-state index is 11.7. The number of ether oxygens (including phenoxy) is 1. The van der Waals surface area contributed by atoms with Crippen LogP contribution in [-0.4, -0.2) is 17.6 Å². The molecule has 0 aliphatic heterocycles. The topological polar surface area (TPSA) is 59.2 Å². The molecule has 0 spiro atoms. The van der Waals surface area contributed by atoms with E-state index in [1.807, 2.05) is 0 Å². The molecular weight excluding hydrogens is 218 g/mol. The number of nitrogens with one attached hydrogen (secondary N) is 1. The average molecular weight is 235 g/mol. The molecule has 1 aliphatic rings. The number of esters is 1. The van der Waals surface area contributed by atoms with Gasteiger partial charge in [0.05, 0.1) is 6.61 Å². The highest BCUT2D eigenvalue weighted by molar-refractivity contribution is 5.89. The summed E-state index contributed by atoms with van der Waals surface area (Å²) in [4.78, 5) is 26.1. The SMILES string of the molecule is CCOC(=O)c1cc2c([nH]c1=O)CC[C@H](C)C2. The molecule has 0 radical (unpaired) electrons. The fraction of sp³-hybridized carbons (Fsp3) is 0.538. The van der Waals surface area contributed by atoms with E-state index in [1.54, 1.807) is 13.0 Å². The predicted octanol–water partition coefficient (Wildman–Crippen LogP) is 1.68. The number of carbonyl (C=O) groups excluding carboxylic acids is 1. The van der Waals surface area contributed by atoms with Crippen LogP contribution in [0, 0.1) is 5.92 Å². The largest absolute Gasteiger partial charge is 0.462 e.